The molecule has 0 heterocycles. The average molecular weight is 288 g/mol. The number of carboxylic acid groups (broad SMARTS) is 2. The summed E-state index contributed by atoms with van der Waals surface area (Å²) in [7, 11) is 0. The van der Waals surface area contributed by atoms with Crippen LogP contribution < -0.4 is 0 Å². The summed E-state index contributed by atoms with van der Waals surface area (Å²) >= 11 is 0. The third-order valence-electron chi connectivity index (χ3n) is 2.79. The monoisotopic (exact) mass is 288 g/mol. The molecule has 0 unspecified atom stereocenters. The molecule has 0 rings (SSSR count). The highest BCUT2D eigenvalue weighted by molar-refractivity contribution is 5.84. The van der Waals surface area contributed by atoms with Crippen LogP contribution in [0.3, 0.4) is 0 Å². The Morgan fingerprint density at radius 2 is 1.50 bits per heavy atom. The molecule has 0 aromatic carbocycles. The Bertz CT molecular complexity index is 328. The summed E-state index contributed by atoms with van der Waals surface area (Å²) in [6, 6.07) is -0.648. The lowest BCUT2D eigenvalue weighted by atomic mass is 10.2. The van der Waals surface area contributed by atoms with E-state index in [1.54, 1.807) is 0 Å². The molecule has 0 aliphatic carbocycles. The van der Waals surface area contributed by atoms with E-state index in [0.717, 1.165) is 24.2 Å². The standard InChI is InChI=1S/C13H24N2O5/c1-4-5-6-7-15(10(2)3)13(20)14(8-11(16)17)9-12(18)19/h10H,4-9H2,1-3H3,(H,16,17)(H,18,19). The van der Waals surface area contributed by atoms with Crippen LogP contribution in [0, 0.1) is 0 Å². The molecule has 0 aliphatic rings. The molecule has 116 valence electrons. The maximum absolute atomic E-state index is 12.3. The lowest BCUT2D eigenvalue weighted by Crippen LogP contribution is -2.50. The highest BCUT2D eigenvalue weighted by Crippen LogP contribution is 2.08. The smallest absolute Gasteiger partial charge is 0.323 e. The zero-order chi connectivity index (χ0) is 15.7. The minimum absolute atomic E-state index is 0.107. The molecule has 0 atom stereocenters. The van der Waals surface area contributed by atoms with Gasteiger partial charge in [-0.25, -0.2) is 4.79 Å². The molecule has 0 saturated heterocycles. The Morgan fingerprint density at radius 1 is 1.00 bits per heavy atom. The van der Waals surface area contributed by atoms with E-state index in [2.05, 4.69) is 0 Å². The molecule has 20 heavy (non-hydrogen) atoms. The second-order valence-corrected chi connectivity index (χ2v) is 4.92. The molecule has 2 amide bonds. The summed E-state index contributed by atoms with van der Waals surface area (Å²) in [4.78, 5) is 36.1. The summed E-state index contributed by atoms with van der Waals surface area (Å²) in [5.74, 6) is -2.45. The van der Waals surface area contributed by atoms with E-state index in [9.17, 15) is 14.4 Å². The van der Waals surface area contributed by atoms with Gasteiger partial charge in [0.2, 0.25) is 0 Å². The van der Waals surface area contributed by atoms with E-state index in [4.69, 9.17) is 10.2 Å². The number of hydrogen-bond acceptors (Lipinski definition) is 3. The number of amides is 2. The van der Waals surface area contributed by atoms with Gasteiger partial charge < -0.3 is 20.0 Å². The largest absolute Gasteiger partial charge is 0.480 e. The fourth-order valence-corrected chi connectivity index (χ4v) is 1.81. The van der Waals surface area contributed by atoms with Crippen LogP contribution >= 0.6 is 0 Å². The molecule has 2 N–H and O–H groups in total. The van der Waals surface area contributed by atoms with Crippen LogP contribution in [0.4, 0.5) is 4.79 Å². The van der Waals surface area contributed by atoms with Gasteiger partial charge in [0, 0.05) is 12.6 Å². The fourth-order valence-electron chi connectivity index (χ4n) is 1.81. The van der Waals surface area contributed by atoms with Gasteiger partial charge in [0.15, 0.2) is 0 Å². The molecule has 0 aliphatic heterocycles. The molecule has 7 heteroatoms. The molecule has 0 saturated carbocycles. The van der Waals surface area contributed by atoms with Crippen molar-refractivity contribution in [2.75, 3.05) is 19.6 Å². The van der Waals surface area contributed by atoms with Gasteiger partial charge in [0.05, 0.1) is 0 Å². The number of rotatable bonds is 9. The van der Waals surface area contributed by atoms with Crippen LogP contribution in [0.1, 0.15) is 40.0 Å². The van der Waals surface area contributed by atoms with E-state index >= 15 is 0 Å². The first kappa shape index (κ1) is 18.2. The molecular formula is C13H24N2O5. The first-order chi connectivity index (χ1) is 9.29. The fraction of sp³-hybridized carbons (Fsp3) is 0.769. The average Bonchev–Trinajstić information content (AvgIpc) is 2.31. The molecule has 0 spiro atoms. The normalized spacial score (nSPS) is 10.4. The summed E-state index contributed by atoms with van der Waals surface area (Å²) < 4.78 is 0. The van der Waals surface area contributed by atoms with Gasteiger partial charge in [0.25, 0.3) is 0 Å². The number of carbonyl (C=O) groups excluding carboxylic acids is 1. The van der Waals surface area contributed by atoms with E-state index in [0.29, 0.717) is 6.54 Å². The third-order valence-corrected chi connectivity index (χ3v) is 2.79. The second-order valence-electron chi connectivity index (χ2n) is 4.92. The molecule has 0 aromatic rings. The highest BCUT2D eigenvalue weighted by Gasteiger charge is 2.26. The zero-order valence-electron chi connectivity index (χ0n) is 12.3. The van der Waals surface area contributed by atoms with Crippen LogP contribution in [0.2, 0.25) is 0 Å². The summed E-state index contributed by atoms with van der Waals surface area (Å²) in [6.45, 7) is 4.97. The van der Waals surface area contributed by atoms with E-state index in [-0.39, 0.29) is 6.04 Å². The van der Waals surface area contributed by atoms with Crippen molar-refractivity contribution in [3.8, 4) is 0 Å². The number of urea groups is 1. The Balaban J connectivity index is 4.84. The summed E-state index contributed by atoms with van der Waals surface area (Å²) in [6.07, 6.45) is 2.79. The summed E-state index contributed by atoms with van der Waals surface area (Å²) in [5.41, 5.74) is 0. The van der Waals surface area contributed by atoms with E-state index in [1.165, 1.54) is 4.90 Å². The maximum Gasteiger partial charge on any atom is 0.323 e. The predicted octanol–water partition coefficient (Wildman–Crippen LogP) is 1.48. The molecule has 0 bridgehead atoms. The van der Waals surface area contributed by atoms with Gasteiger partial charge in [-0.1, -0.05) is 19.8 Å². The number of unbranched alkanes of at least 4 members (excludes halogenated alkanes) is 2. The lowest BCUT2D eigenvalue weighted by molar-refractivity contribution is -0.140. The first-order valence-corrected chi connectivity index (χ1v) is 6.78. The minimum atomic E-state index is -1.23. The highest BCUT2D eigenvalue weighted by atomic mass is 16.4. The van der Waals surface area contributed by atoms with Gasteiger partial charge in [0.1, 0.15) is 13.1 Å². The van der Waals surface area contributed by atoms with Crippen molar-refractivity contribution in [1.29, 1.82) is 0 Å². The topological polar surface area (TPSA) is 98.2 Å². The quantitative estimate of drug-likeness (QED) is 0.626. The second kappa shape index (κ2) is 9.17. The van der Waals surface area contributed by atoms with Crippen LogP contribution in [-0.4, -0.2) is 63.7 Å². The molecule has 7 nitrogen and oxygen atoms in total. The predicted molar refractivity (Wildman–Crippen MR) is 73.6 cm³/mol. The third kappa shape index (κ3) is 6.96. The van der Waals surface area contributed by atoms with Crippen LogP contribution in [0.5, 0.6) is 0 Å². The van der Waals surface area contributed by atoms with Crippen molar-refractivity contribution in [3.63, 3.8) is 0 Å². The number of carbonyl (C=O) groups is 3. The van der Waals surface area contributed by atoms with Gasteiger partial charge in [-0.2, -0.15) is 0 Å². The van der Waals surface area contributed by atoms with E-state index < -0.39 is 31.1 Å². The number of nitrogens with zero attached hydrogens (tertiary/aromatic N) is 2. The van der Waals surface area contributed by atoms with Gasteiger partial charge in [-0.3, -0.25) is 9.59 Å². The van der Waals surface area contributed by atoms with Crippen LogP contribution in [-0.2, 0) is 9.59 Å². The molecule has 0 radical (unpaired) electrons. The Kier molecular flexibility index (Phi) is 8.35. The summed E-state index contributed by atoms with van der Waals surface area (Å²) in [5, 5.41) is 17.5. The number of aliphatic carboxylic acids is 2. The Labute approximate surface area is 119 Å². The van der Waals surface area contributed by atoms with Crippen molar-refractivity contribution in [3.05, 3.63) is 0 Å². The maximum atomic E-state index is 12.3. The van der Waals surface area contributed by atoms with Gasteiger partial charge >= 0.3 is 18.0 Å². The van der Waals surface area contributed by atoms with Crippen LogP contribution in [0.25, 0.3) is 0 Å². The van der Waals surface area contributed by atoms with Crippen LogP contribution in [0.15, 0.2) is 0 Å². The number of carboxylic acids is 2. The Hall–Kier alpha value is -1.79. The lowest BCUT2D eigenvalue weighted by Gasteiger charge is -2.31. The molecule has 0 aromatic heterocycles. The van der Waals surface area contributed by atoms with Gasteiger partial charge in [-0.05, 0) is 20.3 Å². The molecular weight excluding hydrogens is 264 g/mol. The van der Waals surface area contributed by atoms with Gasteiger partial charge in [-0.15, -0.1) is 0 Å². The Morgan fingerprint density at radius 3 is 1.85 bits per heavy atom. The first-order valence-electron chi connectivity index (χ1n) is 6.78. The van der Waals surface area contributed by atoms with Crippen molar-refractivity contribution in [1.82, 2.24) is 9.80 Å². The van der Waals surface area contributed by atoms with E-state index in [1.807, 2.05) is 20.8 Å². The molecule has 0 fully saturated rings. The van der Waals surface area contributed by atoms with Crippen molar-refractivity contribution in [2.45, 2.75) is 46.1 Å². The van der Waals surface area contributed by atoms with Crippen molar-refractivity contribution in [2.24, 2.45) is 0 Å². The van der Waals surface area contributed by atoms with Crippen molar-refractivity contribution >= 4 is 18.0 Å². The minimum Gasteiger partial charge on any atom is -0.480 e. The number of hydrogen-bond donors (Lipinski definition) is 2. The SMILES string of the molecule is CCCCCN(C(=O)N(CC(=O)O)CC(=O)O)C(C)C. The van der Waals surface area contributed by atoms with Crippen molar-refractivity contribution < 1.29 is 24.6 Å². The zero-order valence-corrected chi connectivity index (χ0v) is 12.3.